The van der Waals surface area contributed by atoms with Crippen LogP contribution in [-0.4, -0.2) is 11.5 Å². The molecule has 0 aliphatic rings. The zero-order chi connectivity index (χ0) is 22.0. The number of hydrogen-bond acceptors (Lipinski definition) is 3. The summed E-state index contributed by atoms with van der Waals surface area (Å²) in [6.45, 7) is 0. The Hall–Kier alpha value is -3.98. The predicted octanol–water partition coefficient (Wildman–Crippen LogP) is 6.95. The molecule has 0 bridgehead atoms. The van der Waals surface area contributed by atoms with E-state index in [1.165, 1.54) is 0 Å². The van der Waals surface area contributed by atoms with E-state index in [4.69, 9.17) is 5.10 Å². The maximum absolute atomic E-state index is 13.1. The second-order valence-corrected chi connectivity index (χ2v) is 7.71. The Morgan fingerprint density at radius 3 is 1.72 bits per heavy atom. The van der Waals surface area contributed by atoms with E-state index >= 15 is 0 Å². The molecule has 0 saturated carbocycles. The lowest BCUT2D eigenvalue weighted by Crippen LogP contribution is -2.14. The minimum atomic E-state index is 0.0143. The second kappa shape index (κ2) is 10.9. The molecule has 158 valence electrons. The Kier molecular flexibility index (Phi) is 7.22. The fourth-order valence-corrected chi connectivity index (χ4v) is 3.74. The smallest absolute Gasteiger partial charge is 0.163 e. The first kappa shape index (κ1) is 21.3. The SMILES string of the molecule is O=C(C[C@H](C/C(=N\Nc1ccccc1)c1ccccc1)c1ccccc1)c1ccccc1. The number of ketones is 1. The van der Waals surface area contributed by atoms with Gasteiger partial charge >= 0.3 is 0 Å². The van der Waals surface area contributed by atoms with Crippen molar-refractivity contribution in [2.24, 2.45) is 5.10 Å². The Morgan fingerprint density at radius 1 is 0.625 bits per heavy atom. The Balaban J connectivity index is 1.64. The molecule has 0 amide bonds. The molecule has 4 aromatic rings. The van der Waals surface area contributed by atoms with Crippen molar-refractivity contribution < 1.29 is 4.79 Å². The first-order valence-electron chi connectivity index (χ1n) is 10.9. The van der Waals surface area contributed by atoms with E-state index in [-0.39, 0.29) is 11.7 Å². The molecule has 32 heavy (non-hydrogen) atoms. The first-order chi connectivity index (χ1) is 15.8. The highest BCUT2D eigenvalue weighted by Crippen LogP contribution is 2.28. The lowest BCUT2D eigenvalue weighted by atomic mass is 9.86. The molecule has 0 aliphatic heterocycles. The molecule has 0 radical (unpaired) electrons. The number of anilines is 1. The normalized spacial score (nSPS) is 12.2. The summed E-state index contributed by atoms with van der Waals surface area (Å²) in [5.74, 6) is 0.156. The summed E-state index contributed by atoms with van der Waals surface area (Å²) in [5, 5.41) is 4.76. The summed E-state index contributed by atoms with van der Waals surface area (Å²) in [7, 11) is 0. The van der Waals surface area contributed by atoms with Gasteiger partial charge in [-0.2, -0.15) is 5.10 Å². The molecule has 0 aromatic heterocycles. The van der Waals surface area contributed by atoms with Crippen molar-refractivity contribution in [3.05, 3.63) is 138 Å². The van der Waals surface area contributed by atoms with Gasteiger partial charge in [0.25, 0.3) is 0 Å². The lowest BCUT2D eigenvalue weighted by Gasteiger charge is -2.19. The van der Waals surface area contributed by atoms with E-state index in [9.17, 15) is 4.79 Å². The molecule has 0 fully saturated rings. The van der Waals surface area contributed by atoms with Gasteiger partial charge in [0.15, 0.2) is 5.78 Å². The van der Waals surface area contributed by atoms with Gasteiger partial charge in [-0.05, 0) is 35.6 Å². The summed E-state index contributed by atoms with van der Waals surface area (Å²) in [6, 6.07) is 39.8. The molecule has 0 spiro atoms. The topological polar surface area (TPSA) is 41.5 Å². The van der Waals surface area contributed by atoms with E-state index in [0.717, 1.165) is 28.1 Å². The molecule has 0 heterocycles. The molecule has 0 saturated heterocycles. The number of hydrogen-bond donors (Lipinski definition) is 1. The summed E-state index contributed by atoms with van der Waals surface area (Å²) < 4.78 is 0. The number of carbonyl (C=O) groups is 1. The zero-order valence-electron chi connectivity index (χ0n) is 17.9. The number of carbonyl (C=O) groups excluding carboxylic acids is 1. The van der Waals surface area contributed by atoms with Crippen LogP contribution in [0.1, 0.15) is 40.2 Å². The van der Waals surface area contributed by atoms with E-state index < -0.39 is 0 Å². The number of hydrazone groups is 1. The predicted molar refractivity (Wildman–Crippen MR) is 132 cm³/mol. The van der Waals surface area contributed by atoms with Crippen LogP contribution in [0.25, 0.3) is 0 Å². The molecular formula is C29H26N2O. The van der Waals surface area contributed by atoms with Crippen LogP contribution in [0.5, 0.6) is 0 Å². The summed E-state index contributed by atoms with van der Waals surface area (Å²) in [4.78, 5) is 13.1. The van der Waals surface area contributed by atoms with Crippen LogP contribution in [-0.2, 0) is 0 Å². The maximum Gasteiger partial charge on any atom is 0.163 e. The number of Topliss-reactive ketones (excluding diaryl/α,β-unsaturated/α-hetero) is 1. The van der Waals surface area contributed by atoms with Gasteiger partial charge in [0.1, 0.15) is 0 Å². The number of nitrogens with one attached hydrogen (secondary N) is 1. The second-order valence-electron chi connectivity index (χ2n) is 7.71. The highest BCUT2D eigenvalue weighted by molar-refractivity contribution is 6.02. The third-order valence-corrected chi connectivity index (χ3v) is 5.44. The Labute approximate surface area is 189 Å². The van der Waals surface area contributed by atoms with E-state index in [2.05, 4.69) is 29.7 Å². The average Bonchev–Trinajstić information content (AvgIpc) is 2.88. The van der Waals surface area contributed by atoms with Crippen LogP contribution < -0.4 is 5.43 Å². The van der Waals surface area contributed by atoms with Gasteiger partial charge in [-0.3, -0.25) is 10.2 Å². The maximum atomic E-state index is 13.1. The van der Waals surface area contributed by atoms with Gasteiger partial charge in [-0.15, -0.1) is 0 Å². The zero-order valence-corrected chi connectivity index (χ0v) is 17.9. The number of para-hydroxylation sites is 1. The minimum Gasteiger partial charge on any atom is -0.294 e. The van der Waals surface area contributed by atoms with E-state index in [0.29, 0.717) is 12.8 Å². The van der Waals surface area contributed by atoms with Crippen LogP contribution >= 0.6 is 0 Å². The van der Waals surface area contributed by atoms with Gasteiger partial charge in [-0.25, -0.2) is 0 Å². The molecule has 4 aromatic carbocycles. The third-order valence-electron chi connectivity index (χ3n) is 5.44. The van der Waals surface area contributed by atoms with Crippen molar-refractivity contribution in [1.82, 2.24) is 0 Å². The van der Waals surface area contributed by atoms with Crippen molar-refractivity contribution in [1.29, 1.82) is 0 Å². The van der Waals surface area contributed by atoms with Gasteiger partial charge in [0.2, 0.25) is 0 Å². The van der Waals surface area contributed by atoms with Crippen LogP contribution in [0.3, 0.4) is 0 Å². The quantitative estimate of drug-likeness (QED) is 0.181. The Bertz CT molecular complexity index is 1140. The monoisotopic (exact) mass is 418 g/mol. The largest absolute Gasteiger partial charge is 0.294 e. The summed E-state index contributed by atoms with van der Waals surface area (Å²) >= 11 is 0. The fourth-order valence-electron chi connectivity index (χ4n) is 3.74. The van der Waals surface area contributed by atoms with Crippen LogP contribution in [0.2, 0.25) is 0 Å². The Morgan fingerprint density at radius 2 is 1.12 bits per heavy atom. The van der Waals surface area contributed by atoms with Gasteiger partial charge < -0.3 is 0 Å². The standard InChI is InChI=1S/C29H26N2O/c32-29(25-17-9-3-10-18-25)22-26(23-13-5-1-6-14-23)21-28(24-15-7-2-8-16-24)31-30-27-19-11-4-12-20-27/h1-20,26,30H,21-22H2/b31-28+/t26-/m0/s1. The minimum absolute atomic E-state index is 0.0143. The molecule has 3 heteroatoms. The van der Waals surface area contributed by atoms with Crippen molar-refractivity contribution in [2.45, 2.75) is 18.8 Å². The third kappa shape index (κ3) is 5.79. The highest BCUT2D eigenvalue weighted by Gasteiger charge is 2.20. The fraction of sp³-hybridized carbons (Fsp3) is 0.103. The van der Waals surface area contributed by atoms with Crippen LogP contribution in [0.15, 0.2) is 126 Å². The van der Waals surface area contributed by atoms with E-state index in [1.54, 1.807) is 0 Å². The molecule has 0 unspecified atom stereocenters. The van der Waals surface area contributed by atoms with E-state index in [1.807, 2.05) is 97.1 Å². The van der Waals surface area contributed by atoms with Gasteiger partial charge in [-0.1, -0.05) is 109 Å². The highest BCUT2D eigenvalue weighted by atomic mass is 16.1. The van der Waals surface area contributed by atoms with Gasteiger partial charge in [0.05, 0.1) is 11.4 Å². The van der Waals surface area contributed by atoms with Crippen molar-refractivity contribution >= 4 is 17.2 Å². The molecule has 1 atom stereocenters. The molecule has 4 rings (SSSR count). The molecule has 0 aliphatic carbocycles. The van der Waals surface area contributed by atoms with Crippen LogP contribution in [0.4, 0.5) is 5.69 Å². The van der Waals surface area contributed by atoms with Crippen LogP contribution in [0, 0.1) is 0 Å². The first-order valence-corrected chi connectivity index (χ1v) is 10.9. The van der Waals surface area contributed by atoms with Crippen molar-refractivity contribution in [3.8, 4) is 0 Å². The summed E-state index contributed by atoms with van der Waals surface area (Å²) in [5.41, 5.74) is 7.97. The van der Waals surface area contributed by atoms with Crippen molar-refractivity contribution in [2.75, 3.05) is 5.43 Å². The number of benzene rings is 4. The molecule has 3 nitrogen and oxygen atoms in total. The molecule has 1 N–H and O–H groups in total. The number of nitrogens with zero attached hydrogens (tertiary/aromatic N) is 1. The van der Waals surface area contributed by atoms with Gasteiger partial charge in [0, 0.05) is 12.0 Å². The lowest BCUT2D eigenvalue weighted by molar-refractivity contribution is 0.0974. The number of rotatable bonds is 9. The summed E-state index contributed by atoms with van der Waals surface area (Å²) in [6.07, 6.45) is 1.07. The average molecular weight is 419 g/mol. The molecular weight excluding hydrogens is 392 g/mol. The van der Waals surface area contributed by atoms with Crippen molar-refractivity contribution in [3.63, 3.8) is 0 Å².